The summed E-state index contributed by atoms with van der Waals surface area (Å²) in [6.45, 7) is 5.60. The molecule has 0 aliphatic rings. The van der Waals surface area contributed by atoms with Crippen molar-refractivity contribution in [1.29, 1.82) is 0 Å². The molecule has 0 bridgehead atoms. The highest BCUT2D eigenvalue weighted by molar-refractivity contribution is 7.71. The van der Waals surface area contributed by atoms with Gasteiger partial charge in [-0.05, 0) is 31.3 Å². The van der Waals surface area contributed by atoms with E-state index in [-0.39, 0.29) is 0 Å². The summed E-state index contributed by atoms with van der Waals surface area (Å²) in [5.74, 6) is 0. The monoisotopic (exact) mass is 226 g/mol. The normalized spacial score (nSPS) is 11.0. The van der Waals surface area contributed by atoms with Crippen molar-refractivity contribution in [3.05, 3.63) is 35.7 Å². The molecule has 0 aliphatic carbocycles. The van der Waals surface area contributed by atoms with Crippen LogP contribution in [-0.4, -0.2) is 32.4 Å². The Morgan fingerprint density at radius 2 is 2.27 bits per heavy atom. The van der Waals surface area contributed by atoms with E-state index >= 15 is 0 Å². The van der Waals surface area contributed by atoms with E-state index in [1.165, 1.54) is 0 Å². The van der Waals surface area contributed by atoms with Crippen LogP contribution in [0.15, 0.2) is 30.9 Å². The van der Waals surface area contributed by atoms with Crippen LogP contribution in [0.3, 0.4) is 0 Å². The van der Waals surface area contributed by atoms with E-state index in [2.05, 4.69) is 22.1 Å². The van der Waals surface area contributed by atoms with E-state index in [1.807, 2.05) is 25.2 Å². The Morgan fingerprint density at radius 3 is 2.67 bits per heavy atom. The fraction of sp³-hybridized carbons (Fsp3) is 0.222. The lowest BCUT2D eigenvalue weighted by Crippen LogP contribution is -1.96. The number of hydrogen-bond acceptors (Lipinski definition) is 4. The second kappa shape index (κ2) is 7.84. The highest BCUT2D eigenvalue weighted by Crippen LogP contribution is 2.02. The van der Waals surface area contributed by atoms with Crippen molar-refractivity contribution >= 4 is 17.9 Å². The van der Waals surface area contributed by atoms with Gasteiger partial charge in [-0.2, -0.15) is 5.21 Å². The Bertz CT molecular complexity index is 402. The highest BCUT2D eigenvalue weighted by atomic mass is 32.1. The van der Waals surface area contributed by atoms with Crippen LogP contribution in [0.4, 0.5) is 0 Å². The number of allylic oxidation sites excluding steroid dienone is 5. The number of H-pyrrole nitrogens is 1. The number of aliphatic hydroxyl groups is 1. The summed E-state index contributed by atoms with van der Waals surface area (Å²) >= 11 is 4.92. The minimum absolute atomic E-state index is 0.385. The topological polar surface area (TPSA) is 66.7 Å². The summed E-state index contributed by atoms with van der Waals surface area (Å²) in [7, 11) is 1.00. The molecule has 0 saturated carbocycles. The van der Waals surface area contributed by atoms with Gasteiger partial charge in [0.15, 0.2) is 0 Å². The summed E-state index contributed by atoms with van der Waals surface area (Å²) in [5.41, 5.74) is 0.813. The van der Waals surface area contributed by atoms with Crippen LogP contribution in [-0.2, 0) is 0 Å². The second-order valence-corrected chi connectivity index (χ2v) is 2.60. The van der Waals surface area contributed by atoms with Crippen molar-refractivity contribution in [3.63, 3.8) is 0 Å². The van der Waals surface area contributed by atoms with Gasteiger partial charge in [-0.15, -0.1) is 0 Å². The van der Waals surface area contributed by atoms with E-state index in [0.29, 0.717) is 4.77 Å². The van der Waals surface area contributed by atoms with Crippen LogP contribution in [0.5, 0.6) is 0 Å². The standard InChI is InChI=1S/C8H10N4S.CH4O/c1-3-5-6-7(4-2)12-8(13)9-10-11-12;1-2/h3-6H,2H2,1H3,(H,9,11,13);2H,1H3/b5-3-,7-6+;. The fourth-order valence-corrected chi connectivity index (χ4v) is 0.981. The zero-order valence-electron chi connectivity index (χ0n) is 8.71. The third-order valence-electron chi connectivity index (χ3n) is 1.40. The lowest BCUT2D eigenvalue weighted by molar-refractivity contribution is 0.399. The molecule has 1 rings (SSSR count). The summed E-state index contributed by atoms with van der Waals surface area (Å²) in [4.78, 5) is 0. The number of rotatable bonds is 3. The predicted molar refractivity (Wildman–Crippen MR) is 62.6 cm³/mol. The third-order valence-corrected chi connectivity index (χ3v) is 1.66. The summed E-state index contributed by atoms with van der Waals surface area (Å²) in [6, 6.07) is 0. The summed E-state index contributed by atoms with van der Waals surface area (Å²) in [6.07, 6.45) is 7.34. The van der Waals surface area contributed by atoms with Crippen LogP contribution in [0, 0.1) is 4.77 Å². The molecule has 2 N–H and O–H groups in total. The van der Waals surface area contributed by atoms with Crippen molar-refractivity contribution in [3.8, 4) is 0 Å². The Kier molecular flexibility index (Phi) is 7.04. The Hall–Kier alpha value is -1.53. The maximum absolute atomic E-state index is 7.00. The lowest BCUT2D eigenvalue weighted by atomic mass is 10.3. The average Bonchev–Trinajstić information content (AvgIpc) is 2.69. The van der Waals surface area contributed by atoms with Gasteiger partial charge in [-0.3, -0.25) is 0 Å². The molecule has 82 valence electrons. The van der Waals surface area contributed by atoms with Crippen molar-refractivity contribution in [2.45, 2.75) is 6.92 Å². The SMILES string of the molecule is C=C/C(=C\C=C/C)n1[nH]nnc1=S.CO. The minimum atomic E-state index is 0.385. The number of aliphatic hydroxyl groups excluding tert-OH is 1. The molecule has 1 aromatic rings. The van der Waals surface area contributed by atoms with Gasteiger partial charge in [0.25, 0.3) is 0 Å². The number of tetrazole rings is 1. The molecule has 0 aromatic carbocycles. The van der Waals surface area contributed by atoms with E-state index in [1.54, 1.807) is 10.8 Å². The maximum atomic E-state index is 7.00. The second-order valence-electron chi connectivity index (χ2n) is 2.24. The van der Waals surface area contributed by atoms with Gasteiger partial charge in [-0.1, -0.05) is 29.0 Å². The molecule has 0 atom stereocenters. The Labute approximate surface area is 93.4 Å². The molecule has 5 nitrogen and oxygen atoms in total. The van der Waals surface area contributed by atoms with Crippen molar-refractivity contribution in [2.24, 2.45) is 0 Å². The van der Waals surface area contributed by atoms with Gasteiger partial charge in [-0.25, -0.2) is 4.68 Å². The molecule has 0 fully saturated rings. The molecule has 0 spiro atoms. The minimum Gasteiger partial charge on any atom is -0.400 e. The molecule has 0 aliphatic heterocycles. The molecule has 1 heterocycles. The van der Waals surface area contributed by atoms with E-state index in [4.69, 9.17) is 17.3 Å². The van der Waals surface area contributed by atoms with Crippen LogP contribution in [0.25, 0.3) is 5.70 Å². The predicted octanol–water partition coefficient (Wildman–Crippen LogP) is 1.55. The molecule has 0 saturated heterocycles. The maximum Gasteiger partial charge on any atom is 0.242 e. The Morgan fingerprint density at radius 1 is 1.60 bits per heavy atom. The largest absolute Gasteiger partial charge is 0.400 e. The van der Waals surface area contributed by atoms with Gasteiger partial charge < -0.3 is 5.11 Å². The van der Waals surface area contributed by atoms with Crippen LogP contribution in [0.2, 0.25) is 0 Å². The summed E-state index contributed by atoms with van der Waals surface area (Å²) in [5, 5.41) is 16.9. The molecule has 1 aromatic heterocycles. The van der Waals surface area contributed by atoms with Gasteiger partial charge in [0.1, 0.15) is 0 Å². The van der Waals surface area contributed by atoms with Crippen LogP contribution in [0.1, 0.15) is 6.92 Å². The first-order valence-corrected chi connectivity index (χ1v) is 4.61. The van der Waals surface area contributed by atoms with Crippen molar-refractivity contribution < 1.29 is 5.11 Å². The molecule has 0 amide bonds. The lowest BCUT2D eigenvalue weighted by Gasteiger charge is -1.98. The molecular weight excluding hydrogens is 212 g/mol. The summed E-state index contributed by atoms with van der Waals surface area (Å²) < 4.78 is 1.96. The first-order chi connectivity index (χ1) is 7.29. The van der Waals surface area contributed by atoms with E-state index in [0.717, 1.165) is 12.8 Å². The average molecular weight is 226 g/mol. The molecule has 6 heteroatoms. The van der Waals surface area contributed by atoms with Crippen molar-refractivity contribution in [1.82, 2.24) is 20.2 Å². The number of aromatic nitrogens is 4. The number of nitrogens with zero attached hydrogens (tertiary/aromatic N) is 3. The molecule has 0 unspecified atom stereocenters. The van der Waals surface area contributed by atoms with Crippen LogP contribution >= 0.6 is 12.2 Å². The molecular formula is C9H14N4OS. The first kappa shape index (κ1) is 13.5. The Balaban J connectivity index is 0.000000921. The van der Waals surface area contributed by atoms with E-state index in [9.17, 15) is 0 Å². The van der Waals surface area contributed by atoms with Gasteiger partial charge in [0, 0.05) is 7.11 Å². The number of aromatic amines is 1. The zero-order valence-corrected chi connectivity index (χ0v) is 9.53. The molecule has 15 heavy (non-hydrogen) atoms. The van der Waals surface area contributed by atoms with Crippen molar-refractivity contribution in [2.75, 3.05) is 7.11 Å². The van der Waals surface area contributed by atoms with Gasteiger partial charge in [0.05, 0.1) is 5.70 Å². The number of hydrogen-bond donors (Lipinski definition) is 2. The van der Waals surface area contributed by atoms with Crippen LogP contribution < -0.4 is 0 Å². The van der Waals surface area contributed by atoms with Gasteiger partial charge in [0.2, 0.25) is 4.77 Å². The third kappa shape index (κ3) is 4.01. The molecule has 0 radical (unpaired) electrons. The van der Waals surface area contributed by atoms with Gasteiger partial charge >= 0.3 is 0 Å². The zero-order chi connectivity index (χ0) is 11.7. The first-order valence-electron chi connectivity index (χ1n) is 4.20. The quantitative estimate of drug-likeness (QED) is 0.606. The van der Waals surface area contributed by atoms with E-state index < -0.39 is 0 Å². The number of nitrogens with one attached hydrogen (secondary N) is 1. The highest BCUT2D eigenvalue weighted by Gasteiger charge is 1.96. The smallest absolute Gasteiger partial charge is 0.242 e. The fourth-order valence-electron chi connectivity index (χ4n) is 0.794.